The molecule has 0 bridgehead atoms. The van der Waals surface area contributed by atoms with E-state index in [9.17, 15) is 4.79 Å². The molecular weight excluding hydrogens is 242 g/mol. The zero-order chi connectivity index (χ0) is 14.4. The third kappa shape index (κ3) is 4.47. The summed E-state index contributed by atoms with van der Waals surface area (Å²) >= 11 is 0. The van der Waals surface area contributed by atoms with Crippen molar-refractivity contribution in [2.45, 2.75) is 33.1 Å². The van der Waals surface area contributed by atoms with Crippen molar-refractivity contribution in [2.75, 3.05) is 19.0 Å². The first-order valence-electron chi connectivity index (χ1n) is 6.60. The van der Waals surface area contributed by atoms with Gasteiger partial charge in [-0.3, -0.25) is 4.79 Å². The molecule has 19 heavy (non-hydrogen) atoms. The summed E-state index contributed by atoms with van der Waals surface area (Å²) in [5.41, 5.74) is 2.15. The molecule has 0 aliphatic heterocycles. The first-order valence-corrected chi connectivity index (χ1v) is 6.60. The molecule has 1 unspecified atom stereocenters. The standard InChI is InChI=1S/C15H23NO3/c1-10(2)12-5-6-14(19-4)13(9-12)16-8-7-11(3)15(17)18/h5-6,9-11,16H,7-8H2,1-4H3,(H,17,18). The van der Waals surface area contributed by atoms with Gasteiger partial charge in [0.1, 0.15) is 5.75 Å². The summed E-state index contributed by atoms with van der Waals surface area (Å²) < 4.78 is 5.31. The lowest BCUT2D eigenvalue weighted by Gasteiger charge is -2.15. The molecule has 0 saturated carbocycles. The lowest BCUT2D eigenvalue weighted by Crippen LogP contribution is -2.14. The van der Waals surface area contributed by atoms with Gasteiger partial charge in [-0.25, -0.2) is 0 Å². The molecule has 1 aromatic carbocycles. The average molecular weight is 265 g/mol. The van der Waals surface area contributed by atoms with Crippen molar-refractivity contribution >= 4 is 11.7 Å². The van der Waals surface area contributed by atoms with Crippen LogP contribution in [0.3, 0.4) is 0 Å². The summed E-state index contributed by atoms with van der Waals surface area (Å²) in [6.07, 6.45) is 0.588. The van der Waals surface area contributed by atoms with E-state index < -0.39 is 5.97 Å². The summed E-state index contributed by atoms with van der Waals surface area (Å²) in [7, 11) is 1.63. The van der Waals surface area contributed by atoms with Gasteiger partial charge in [0.05, 0.1) is 18.7 Å². The molecule has 4 nitrogen and oxygen atoms in total. The Kier molecular flexibility index (Phi) is 5.67. The molecule has 0 aliphatic rings. The predicted molar refractivity (Wildman–Crippen MR) is 77.0 cm³/mol. The average Bonchev–Trinajstić information content (AvgIpc) is 2.38. The number of nitrogens with one attached hydrogen (secondary N) is 1. The van der Waals surface area contributed by atoms with Gasteiger partial charge in [-0.2, -0.15) is 0 Å². The molecule has 1 atom stereocenters. The van der Waals surface area contributed by atoms with Crippen LogP contribution in [-0.2, 0) is 4.79 Å². The van der Waals surface area contributed by atoms with Crippen LogP contribution in [0.1, 0.15) is 38.7 Å². The van der Waals surface area contributed by atoms with Crippen molar-refractivity contribution in [1.29, 1.82) is 0 Å². The Bertz CT molecular complexity index is 429. The van der Waals surface area contributed by atoms with Crippen LogP contribution >= 0.6 is 0 Å². The normalized spacial score (nSPS) is 12.3. The second-order valence-corrected chi connectivity index (χ2v) is 5.07. The molecule has 0 radical (unpaired) electrons. The van der Waals surface area contributed by atoms with E-state index in [1.807, 2.05) is 6.07 Å². The van der Waals surface area contributed by atoms with Crippen molar-refractivity contribution < 1.29 is 14.6 Å². The molecule has 106 valence electrons. The molecule has 0 aromatic heterocycles. The number of methoxy groups -OCH3 is 1. The Labute approximate surface area is 114 Å². The summed E-state index contributed by atoms with van der Waals surface area (Å²) in [6.45, 7) is 6.60. The maximum atomic E-state index is 10.8. The monoisotopic (exact) mass is 265 g/mol. The topological polar surface area (TPSA) is 58.6 Å². The van der Waals surface area contributed by atoms with Crippen LogP contribution in [0.2, 0.25) is 0 Å². The quantitative estimate of drug-likeness (QED) is 0.794. The minimum atomic E-state index is -0.760. The third-order valence-corrected chi connectivity index (χ3v) is 3.20. The summed E-state index contributed by atoms with van der Waals surface area (Å²) in [5.74, 6) is 0.133. The van der Waals surface area contributed by atoms with Gasteiger partial charge in [-0.05, 0) is 30.0 Å². The minimum absolute atomic E-state index is 0.341. The second kappa shape index (κ2) is 7.02. The molecule has 1 aromatic rings. The summed E-state index contributed by atoms with van der Waals surface area (Å²) in [6, 6.07) is 6.06. The fourth-order valence-corrected chi connectivity index (χ4v) is 1.77. The van der Waals surface area contributed by atoms with Crippen molar-refractivity contribution in [3.63, 3.8) is 0 Å². The number of hydrogen-bond acceptors (Lipinski definition) is 3. The van der Waals surface area contributed by atoms with E-state index in [2.05, 4.69) is 31.3 Å². The second-order valence-electron chi connectivity index (χ2n) is 5.07. The van der Waals surface area contributed by atoms with E-state index in [0.717, 1.165) is 11.4 Å². The zero-order valence-electron chi connectivity index (χ0n) is 12.1. The lowest BCUT2D eigenvalue weighted by molar-refractivity contribution is -0.141. The van der Waals surface area contributed by atoms with Crippen LogP contribution in [-0.4, -0.2) is 24.7 Å². The first kappa shape index (κ1) is 15.3. The first-order chi connectivity index (χ1) is 8.95. The number of carbonyl (C=O) groups is 1. The Balaban J connectivity index is 2.70. The highest BCUT2D eigenvalue weighted by atomic mass is 16.5. The molecule has 0 heterocycles. The van der Waals surface area contributed by atoms with E-state index in [1.165, 1.54) is 5.56 Å². The molecule has 0 amide bonds. The van der Waals surface area contributed by atoms with Crippen molar-refractivity contribution in [3.8, 4) is 5.75 Å². The van der Waals surface area contributed by atoms with Crippen LogP contribution in [0.25, 0.3) is 0 Å². The highest BCUT2D eigenvalue weighted by Gasteiger charge is 2.11. The van der Waals surface area contributed by atoms with E-state index in [1.54, 1.807) is 14.0 Å². The number of ether oxygens (including phenoxy) is 1. The fraction of sp³-hybridized carbons (Fsp3) is 0.533. The number of anilines is 1. The number of carboxylic acid groups (broad SMARTS) is 1. The molecule has 0 fully saturated rings. The maximum Gasteiger partial charge on any atom is 0.306 e. The van der Waals surface area contributed by atoms with E-state index in [-0.39, 0.29) is 5.92 Å². The molecular formula is C15H23NO3. The molecule has 0 spiro atoms. The van der Waals surface area contributed by atoms with Gasteiger partial charge >= 0.3 is 5.97 Å². The van der Waals surface area contributed by atoms with Crippen LogP contribution in [0.5, 0.6) is 5.75 Å². The number of aliphatic carboxylic acids is 1. The van der Waals surface area contributed by atoms with Crippen molar-refractivity contribution in [1.82, 2.24) is 0 Å². The zero-order valence-corrected chi connectivity index (χ0v) is 12.1. The van der Waals surface area contributed by atoms with E-state index >= 15 is 0 Å². The predicted octanol–water partition coefficient (Wildman–Crippen LogP) is 3.34. The van der Waals surface area contributed by atoms with Gasteiger partial charge in [0.15, 0.2) is 0 Å². The van der Waals surface area contributed by atoms with Crippen molar-refractivity contribution in [2.24, 2.45) is 5.92 Å². The van der Waals surface area contributed by atoms with Crippen LogP contribution in [0, 0.1) is 5.92 Å². The smallest absolute Gasteiger partial charge is 0.306 e. The highest BCUT2D eigenvalue weighted by molar-refractivity contribution is 5.69. The Morgan fingerprint density at radius 1 is 1.37 bits per heavy atom. The van der Waals surface area contributed by atoms with Gasteiger partial charge in [0, 0.05) is 6.54 Å². The fourth-order valence-electron chi connectivity index (χ4n) is 1.77. The van der Waals surface area contributed by atoms with Gasteiger partial charge in [-0.1, -0.05) is 26.8 Å². The van der Waals surface area contributed by atoms with Gasteiger partial charge in [-0.15, -0.1) is 0 Å². The summed E-state index contributed by atoms with van der Waals surface area (Å²) in [5, 5.41) is 12.1. The number of rotatable bonds is 7. The van der Waals surface area contributed by atoms with E-state index in [0.29, 0.717) is 18.9 Å². The van der Waals surface area contributed by atoms with Gasteiger partial charge < -0.3 is 15.2 Å². The molecule has 0 saturated heterocycles. The maximum absolute atomic E-state index is 10.8. The van der Waals surface area contributed by atoms with Crippen LogP contribution in [0.4, 0.5) is 5.69 Å². The minimum Gasteiger partial charge on any atom is -0.495 e. The summed E-state index contributed by atoms with van der Waals surface area (Å²) in [4.78, 5) is 10.8. The highest BCUT2D eigenvalue weighted by Crippen LogP contribution is 2.28. The molecule has 0 aliphatic carbocycles. The Morgan fingerprint density at radius 3 is 2.58 bits per heavy atom. The number of carboxylic acids is 1. The van der Waals surface area contributed by atoms with Crippen LogP contribution < -0.4 is 10.1 Å². The Morgan fingerprint density at radius 2 is 2.05 bits per heavy atom. The number of hydrogen-bond donors (Lipinski definition) is 2. The van der Waals surface area contributed by atoms with Gasteiger partial charge in [0.2, 0.25) is 0 Å². The third-order valence-electron chi connectivity index (χ3n) is 3.20. The van der Waals surface area contributed by atoms with Crippen LogP contribution in [0.15, 0.2) is 18.2 Å². The SMILES string of the molecule is COc1ccc(C(C)C)cc1NCCC(C)C(=O)O. The Hall–Kier alpha value is -1.71. The van der Waals surface area contributed by atoms with Gasteiger partial charge in [0.25, 0.3) is 0 Å². The lowest BCUT2D eigenvalue weighted by atomic mass is 10.0. The molecule has 1 rings (SSSR count). The molecule has 2 N–H and O–H groups in total. The largest absolute Gasteiger partial charge is 0.495 e. The number of benzene rings is 1. The van der Waals surface area contributed by atoms with E-state index in [4.69, 9.17) is 9.84 Å². The molecule has 4 heteroatoms. The van der Waals surface area contributed by atoms with Crippen molar-refractivity contribution in [3.05, 3.63) is 23.8 Å².